The smallest absolute Gasteiger partial charge is 0.0191 e. The lowest BCUT2D eigenvalue weighted by atomic mass is 9.97. The number of rotatable bonds is 11. The summed E-state index contributed by atoms with van der Waals surface area (Å²) in [6.45, 7) is 10.7. The maximum absolute atomic E-state index is 2.60. The van der Waals surface area contributed by atoms with Crippen LogP contribution in [0.15, 0.2) is 11.6 Å². The van der Waals surface area contributed by atoms with Crippen molar-refractivity contribution in [2.45, 2.75) is 58.8 Å². The molecule has 1 fully saturated rings. The highest BCUT2D eigenvalue weighted by Gasteiger charge is 2.13. The number of piperazine rings is 1. The van der Waals surface area contributed by atoms with Gasteiger partial charge in [0.25, 0.3) is 0 Å². The van der Waals surface area contributed by atoms with Gasteiger partial charge in [-0.3, -0.25) is 4.90 Å². The monoisotopic (exact) mass is 420 g/mol. The van der Waals surface area contributed by atoms with Crippen molar-refractivity contribution in [3.8, 4) is 0 Å². The predicted octanol–water partition coefficient (Wildman–Crippen LogP) is 4.98. The molecule has 1 atom stereocenters. The lowest BCUT2D eigenvalue weighted by molar-refractivity contribution is 0.164. The summed E-state index contributed by atoms with van der Waals surface area (Å²) in [7, 11) is 2.23. The molecule has 1 unspecified atom stereocenters. The van der Waals surface area contributed by atoms with Gasteiger partial charge in [-0.1, -0.05) is 66.8 Å². The van der Waals surface area contributed by atoms with Gasteiger partial charge >= 0.3 is 0 Å². The maximum atomic E-state index is 2.60. The fraction of sp³-hybridized carbons (Fsp3) is 0.895. The summed E-state index contributed by atoms with van der Waals surface area (Å²) in [6.07, 6.45) is 12.2. The number of nitrogens with zero attached hydrogens (tertiary/aromatic N) is 2. The summed E-state index contributed by atoms with van der Waals surface area (Å²) in [5, 5.41) is 0. The topological polar surface area (TPSA) is 6.48 Å². The molecule has 0 aliphatic carbocycles. The highest BCUT2D eigenvalue weighted by molar-refractivity contribution is 14.1. The minimum atomic E-state index is 0.935. The Hall–Kier alpha value is 0.390. The molecular weight excluding hydrogens is 383 g/mol. The average molecular weight is 420 g/mol. The molecule has 0 N–H and O–H groups in total. The minimum absolute atomic E-state index is 0.935. The molecule has 0 spiro atoms. The minimum Gasteiger partial charge on any atom is -0.304 e. The van der Waals surface area contributed by atoms with Crippen molar-refractivity contribution in [1.29, 1.82) is 0 Å². The number of alkyl halides is 1. The van der Waals surface area contributed by atoms with E-state index in [9.17, 15) is 0 Å². The summed E-state index contributed by atoms with van der Waals surface area (Å²) >= 11 is 2.58. The van der Waals surface area contributed by atoms with Gasteiger partial charge in [0.1, 0.15) is 0 Å². The lowest BCUT2D eigenvalue weighted by Crippen LogP contribution is -2.44. The van der Waals surface area contributed by atoms with Gasteiger partial charge in [-0.05, 0) is 39.2 Å². The first-order valence-electron chi connectivity index (χ1n) is 9.28. The Bertz CT molecular complexity index is 296. The van der Waals surface area contributed by atoms with Crippen LogP contribution in [0.4, 0.5) is 0 Å². The van der Waals surface area contributed by atoms with Gasteiger partial charge in [0.15, 0.2) is 0 Å². The standard InChI is InChI=1S/C19H37IN2/c1-4-5-6-7-10-19(16-20)11-8-9-18(2)17-22-14-12-21(3)13-15-22/h9,19H,4-8,10-17H2,1-3H3/b18-9-. The molecule has 0 saturated carbocycles. The van der Waals surface area contributed by atoms with Crippen LogP contribution in [0.3, 0.4) is 0 Å². The van der Waals surface area contributed by atoms with E-state index in [0.29, 0.717) is 0 Å². The van der Waals surface area contributed by atoms with Gasteiger partial charge in [0, 0.05) is 37.2 Å². The normalized spacial score (nSPS) is 19.5. The van der Waals surface area contributed by atoms with E-state index in [1.165, 1.54) is 82.1 Å². The fourth-order valence-electron chi connectivity index (χ4n) is 3.15. The molecule has 0 aromatic carbocycles. The Kier molecular flexibility index (Phi) is 11.9. The molecule has 1 aliphatic rings. The largest absolute Gasteiger partial charge is 0.304 e. The molecule has 1 heterocycles. The highest BCUT2D eigenvalue weighted by atomic mass is 127. The molecule has 1 aliphatic heterocycles. The number of allylic oxidation sites excluding steroid dienone is 1. The third-order valence-corrected chi connectivity index (χ3v) is 6.07. The molecule has 0 aromatic rings. The predicted molar refractivity (Wildman–Crippen MR) is 108 cm³/mol. The number of hydrogen-bond donors (Lipinski definition) is 0. The van der Waals surface area contributed by atoms with Crippen LogP contribution in [-0.2, 0) is 0 Å². The van der Waals surface area contributed by atoms with Crippen LogP contribution in [0, 0.1) is 5.92 Å². The van der Waals surface area contributed by atoms with Gasteiger partial charge in [-0.25, -0.2) is 0 Å². The summed E-state index contributed by atoms with van der Waals surface area (Å²) < 4.78 is 1.33. The van der Waals surface area contributed by atoms with Crippen LogP contribution in [-0.4, -0.2) is 54.0 Å². The first-order valence-corrected chi connectivity index (χ1v) is 10.8. The van der Waals surface area contributed by atoms with E-state index >= 15 is 0 Å². The number of likely N-dealkylation sites (N-methyl/N-ethyl adjacent to an activating group) is 1. The number of halogens is 1. The third-order valence-electron chi connectivity index (χ3n) is 4.82. The second-order valence-electron chi connectivity index (χ2n) is 7.08. The quantitative estimate of drug-likeness (QED) is 0.201. The van der Waals surface area contributed by atoms with E-state index in [1.807, 2.05) is 0 Å². The Morgan fingerprint density at radius 1 is 1.09 bits per heavy atom. The zero-order valence-corrected chi connectivity index (χ0v) is 17.3. The van der Waals surface area contributed by atoms with E-state index in [0.717, 1.165) is 5.92 Å². The number of hydrogen-bond acceptors (Lipinski definition) is 2. The second-order valence-corrected chi connectivity index (χ2v) is 7.96. The Labute approximate surface area is 152 Å². The van der Waals surface area contributed by atoms with Crippen molar-refractivity contribution >= 4 is 22.6 Å². The highest BCUT2D eigenvalue weighted by Crippen LogP contribution is 2.19. The van der Waals surface area contributed by atoms with E-state index in [2.05, 4.69) is 59.4 Å². The van der Waals surface area contributed by atoms with Crippen molar-refractivity contribution in [2.24, 2.45) is 5.92 Å². The van der Waals surface area contributed by atoms with Crippen molar-refractivity contribution in [3.63, 3.8) is 0 Å². The Balaban J connectivity index is 2.16. The third kappa shape index (κ3) is 9.51. The summed E-state index contributed by atoms with van der Waals surface area (Å²) in [5.41, 5.74) is 1.57. The van der Waals surface area contributed by atoms with E-state index in [1.54, 1.807) is 5.57 Å². The molecule has 0 radical (unpaired) electrons. The molecule has 1 rings (SSSR count). The first-order chi connectivity index (χ1) is 10.7. The van der Waals surface area contributed by atoms with Crippen LogP contribution in [0.25, 0.3) is 0 Å². The molecule has 2 nitrogen and oxygen atoms in total. The zero-order chi connectivity index (χ0) is 16.2. The van der Waals surface area contributed by atoms with E-state index in [4.69, 9.17) is 0 Å². The second kappa shape index (κ2) is 12.8. The molecule has 3 heteroatoms. The average Bonchev–Trinajstić information content (AvgIpc) is 2.52. The molecule has 22 heavy (non-hydrogen) atoms. The molecule has 0 amide bonds. The van der Waals surface area contributed by atoms with Crippen LogP contribution >= 0.6 is 22.6 Å². The van der Waals surface area contributed by atoms with Crippen molar-refractivity contribution in [3.05, 3.63) is 11.6 Å². The van der Waals surface area contributed by atoms with Crippen LogP contribution in [0.2, 0.25) is 0 Å². The number of unbranched alkanes of at least 4 members (excludes halogenated alkanes) is 3. The van der Waals surface area contributed by atoms with Crippen LogP contribution < -0.4 is 0 Å². The van der Waals surface area contributed by atoms with Crippen LogP contribution in [0.5, 0.6) is 0 Å². The van der Waals surface area contributed by atoms with Crippen molar-refractivity contribution in [1.82, 2.24) is 9.80 Å². The van der Waals surface area contributed by atoms with Crippen LogP contribution in [0.1, 0.15) is 58.8 Å². The Morgan fingerprint density at radius 2 is 1.82 bits per heavy atom. The first kappa shape index (κ1) is 20.4. The van der Waals surface area contributed by atoms with E-state index < -0.39 is 0 Å². The summed E-state index contributed by atoms with van der Waals surface area (Å²) in [4.78, 5) is 5.03. The molecule has 1 saturated heterocycles. The zero-order valence-electron chi connectivity index (χ0n) is 15.1. The van der Waals surface area contributed by atoms with Gasteiger partial charge in [0.2, 0.25) is 0 Å². The van der Waals surface area contributed by atoms with Gasteiger partial charge < -0.3 is 4.90 Å². The van der Waals surface area contributed by atoms with Crippen molar-refractivity contribution < 1.29 is 0 Å². The lowest BCUT2D eigenvalue weighted by Gasteiger charge is -2.32. The van der Waals surface area contributed by atoms with Crippen molar-refractivity contribution in [2.75, 3.05) is 44.2 Å². The Morgan fingerprint density at radius 3 is 2.45 bits per heavy atom. The van der Waals surface area contributed by atoms with E-state index in [-0.39, 0.29) is 0 Å². The summed E-state index contributed by atoms with van der Waals surface area (Å²) in [6, 6.07) is 0. The summed E-state index contributed by atoms with van der Waals surface area (Å²) in [5.74, 6) is 0.935. The SMILES string of the molecule is CCCCCCC(CI)CC/C=C(/C)CN1CCN(C)CC1. The molecule has 130 valence electrons. The maximum Gasteiger partial charge on any atom is 0.0191 e. The van der Waals surface area contributed by atoms with Gasteiger partial charge in [-0.2, -0.15) is 0 Å². The molecule has 0 aromatic heterocycles. The van der Waals surface area contributed by atoms with Gasteiger partial charge in [0.05, 0.1) is 0 Å². The molecule has 0 bridgehead atoms. The molecular formula is C19H37IN2. The fourth-order valence-corrected chi connectivity index (χ4v) is 4.03. The van der Waals surface area contributed by atoms with Gasteiger partial charge in [-0.15, -0.1) is 0 Å².